The molecule has 0 aliphatic carbocycles. The van der Waals surface area contributed by atoms with Gasteiger partial charge in [-0.25, -0.2) is 10.2 Å². The van der Waals surface area contributed by atoms with Crippen molar-refractivity contribution in [1.29, 1.82) is 0 Å². The SMILES string of the molecule is CC1=C(c2c(Cl)ccc3c(CCCOc4cc(C)c(Cl)c(C)c4)c4n(c23)CCCN(c2cc(C(=O)O)cc3c2ccn3C)C4=O)C(C)NN1C. The summed E-state index contributed by atoms with van der Waals surface area (Å²) in [5.41, 5.74) is 12.5. The molecular formula is C39H41Cl2N5O4. The van der Waals surface area contributed by atoms with Gasteiger partial charge in [-0.1, -0.05) is 29.3 Å². The zero-order valence-corrected chi connectivity index (χ0v) is 30.7. The minimum atomic E-state index is -1.04. The smallest absolute Gasteiger partial charge is 0.335 e. The fourth-order valence-electron chi connectivity index (χ4n) is 7.79. The van der Waals surface area contributed by atoms with E-state index in [9.17, 15) is 9.90 Å². The average Bonchev–Trinajstić information content (AvgIpc) is 3.64. The van der Waals surface area contributed by atoms with Crippen LogP contribution in [0.1, 0.15) is 69.8 Å². The van der Waals surface area contributed by atoms with Crippen molar-refractivity contribution in [2.45, 2.75) is 59.5 Å². The molecule has 4 heterocycles. The molecule has 0 spiro atoms. The maximum absolute atomic E-state index is 15.1. The van der Waals surface area contributed by atoms with Gasteiger partial charge in [-0.15, -0.1) is 0 Å². The first-order chi connectivity index (χ1) is 23.9. The van der Waals surface area contributed by atoms with Gasteiger partial charge in [-0.05, 0) is 100 Å². The highest BCUT2D eigenvalue weighted by molar-refractivity contribution is 6.34. The first kappa shape index (κ1) is 34.0. The number of hydrogen-bond acceptors (Lipinski definition) is 5. The molecule has 260 valence electrons. The Labute approximate surface area is 301 Å². The summed E-state index contributed by atoms with van der Waals surface area (Å²) in [4.78, 5) is 29.1. The predicted octanol–water partition coefficient (Wildman–Crippen LogP) is 8.39. The van der Waals surface area contributed by atoms with Crippen molar-refractivity contribution in [3.8, 4) is 5.75 Å². The molecule has 3 aromatic carbocycles. The largest absolute Gasteiger partial charge is 0.494 e. The van der Waals surface area contributed by atoms with E-state index in [1.165, 1.54) is 0 Å². The van der Waals surface area contributed by atoms with Crippen molar-refractivity contribution >= 4 is 68.1 Å². The standard InChI is InChI=1S/C39H41Cl2N5O4/c1-21-17-26(18-22(2)35(21)41)50-16-7-9-27-28-10-11-30(40)34(33-23(3)42-44(6)24(33)4)36(28)46-14-8-13-45(38(47)37(27)46)32-20-25(39(48)49)19-31-29(32)12-15-43(31)5/h10-12,15,17-20,23,42H,7-9,13-14,16H2,1-6H3,(H,48,49). The minimum absolute atomic E-state index is 0.0143. The number of anilines is 1. The molecule has 0 radical (unpaired) electrons. The number of hydrazine groups is 1. The third-order valence-corrected chi connectivity index (χ3v) is 11.2. The van der Waals surface area contributed by atoms with Crippen LogP contribution in [-0.4, -0.2) is 57.4 Å². The third kappa shape index (κ3) is 5.61. The second-order valence-electron chi connectivity index (χ2n) is 13.5. The zero-order chi connectivity index (χ0) is 35.6. The van der Waals surface area contributed by atoms with Crippen molar-refractivity contribution in [2.24, 2.45) is 7.05 Å². The maximum atomic E-state index is 15.1. The van der Waals surface area contributed by atoms with Gasteiger partial charge in [0.1, 0.15) is 11.4 Å². The van der Waals surface area contributed by atoms with Crippen LogP contribution in [0.5, 0.6) is 5.75 Å². The van der Waals surface area contributed by atoms with E-state index in [1.807, 2.05) is 74.0 Å². The lowest BCUT2D eigenvalue weighted by atomic mass is 9.95. The summed E-state index contributed by atoms with van der Waals surface area (Å²) >= 11 is 13.5. The van der Waals surface area contributed by atoms with Gasteiger partial charge in [-0.3, -0.25) is 4.79 Å². The lowest BCUT2D eigenvalue weighted by Crippen LogP contribution is -2.32. The van der Waals surface area contributed by atoms with Crippen LogP contribution in [0.4, 0.5) is 5.69 Å². The number of hydrogen-bond donors (Lipinski definition) is 2. The van der Waals surface area contributed by atoms with Crippen LogP contribution in [0, 0.1) is 13.8 Å². The highest BCUT2D eigenvalue weighted by Gasteiger charge is 2.35. The number of nitrogens with one attached hydrogen (secondary N) is 1. The van der Waals surface area contributed by atoms with Gasteiger partial charge in [0.2, 0.25) is 0 Å². The monoisotopic (exact) mass is 713 g/mol. The highest BCUT2D eigenvalue weighted by atomic mass is 35.5. The first-order valence-corrected chi connectivity index (χ1v) is 17.7. The van der Waals surface area contributed by atoms with Gasteiger partial charge in [0, 0.05) is 66.0 Å². The van der Waals surface area contributed by atoms with E-state index in [4.69, 9.17) is 27.9 Å². The fourth-order valence-corrected chi connectivity index (χ4v) is 8.15. The van der Waals surface area contributed by atoms with Crippen LogP contribution in [0.25, 0.3) is 27.4 Å². The number of benzene rings is 3. The zero-order valence-electron chi connectivity index (χ0n) is 29.2. The number of carbonyl (C=O) groups excluding carboxylic acids is 1. The number of allylic oxidation sites excluding steroid dienone is 1. The summed E-state index contributed by atoms with van der Waals surface area (Å²) in [5.74, 6) is -0.431. The Morgan fingerprint density at radius 3 is 2.44 bits per heavy atom. The summed E-state index contributed by atoms with van der Waals surface area (Å²) in [6.07, 6.45) is 3.82. The molecule has 2 aliphatic rings. The minimum Gasteiger partial charge on any atom is -0.494 e. The van der Waals surface area contributed by atoms with Crippen molar-refractivity contribution in [2.75, 3.05) is 25.1 Å². The molecule has 0 fully saturated rings. The Morgan fingerprint density at radius 2 is 1.76 bits per heavy atom. The van der Waals surface area contributed by atoms with Crippen LogP contribution >= 0.6 is 23.2 Å². The molecule has 50 heavy (non-hydrogen) atoms. The van der Waals surface area contributed by atoms with Crippen LogP contribution in [0.2, 0.25) is 10.0 Å². The predicted molar refractivity (Wildman–Crippen MR) is 201 cm³/mol. The second-order valence-corrected chi connectivity index (χ2v) is 14.3. The van der Waals surface area contributed by atoms with E-state index >= 15 is 4.79 Å². The fraction of sp³-hybridized carbons (Fsp3) is 0.333. The molecule has 2 aromatic heterocycles. The molecule has 9 nitrogen and oxygen atoms in total. The molecule has 0 bridgehead atoms. The van der Waals surface area contributed by atoms with E-state index in [1.54, 1.807) is 17.0 Å². The van der Waals surface area contributed by atoms with Crippen LogP contribution < -0.4 is 15.1 Å². The molecule has 7 rings (SSSR count). The average molecular weight is 715 g/mol. The van der Waals surface area contributed by atoms with Crippen LogP contribution in [0.15, 0.2) is 54.4 Å². The normalized spacial score (nSPS) is 16.6. The molecule has 1 atom stereocenters. The molecule has 1 unspecified atom stereocenters. The van der Waals surface area contributed by atoms with Crippen LogP contribution in [-0.2, 0) is 20.0 Å². The molecule has 0 saturated heterocycles. The summed E-state index contributed by atoms with van der Waals surface area (Å²) in [6, 6.07) is 13.1. The number of carbonyl (C=O) groups is 2. The summed E-state index contributed by atoms with van der Waals surface area (Å²) in [7, 11) is 3.88. The van der Waals surface area contributed by atoms with E-state index in [0.29, 0.717) is 55.4 Å². The van der Waals surface area contributed by atoms with E-state index < -0.39 is 5.97 Å². The van der Waals surface area contributed by atoms with E-state index in [0.717, 1.165) is 66.1 Å². The van der Waals surface area contributed by atoms with Gasteiger partial charge >= 0.3 is 5.97 Å². The molecule has 0 saturated carbocycles. The summed E-state index contributed by atoms with van der Waals surface area (Å²) in [5, 5.41) is 15.2. The Kier molecular flexibility index (Phi) is 8.87. The number of nitrogens with zero attached hydrogens (tertiary/aromatic N) is 4. The lowest BCUT2D eigenvalue weighted by molar-refractivity contribution is 0.0696. The number of aromatic nitrogens is 2. The van der Waals surface area contributed by atoms with Gasteiger partial charge in [0.25, 0.3) is 5.91 Å². The van der Waals surface area contributed by atoms with E-state index in [2.05, 4.69) is 23.8 Å². The number of carboxylic acid groups (broad SMARTS) is 1. The van der Waals surface area contributed by atoms with Crippen molar-refractivity contribution in [3.05, 3.63) is 97.9 Å². The maximum Gasteiger partial charge on any atom is 0.335 e. The topological polar surface area (TPSA) is 92.0 Å². The van der Waals surface area contributed by atoms with Crippen molar-refractivity contribution in [1.82, 2.24) is 19.6 Å². The quantitative estimate of drug-likeness (QED) is 0.157. The number of rotatable bonds is 8. The third-order valence-electron chi connectivity index (χ3n) is 10.2. The molecule has 5 aromatic rings. The van der Waals surface area contributed by atoms with Gasteiger partial charge in [-0.2, -0.15) is 0 Å². The Morgan fingerprint density at radius 1 is 1.02 bits per heavy atom. The second kappa shape index (κ2) is 13.0. The van der Waals surface area contributed by atoms with Gasteiger partial charge in [0.15, 0.2) is 0 Å². The highest BCUT2D eigenvalue weighted by Crippen LogP contribution is 2.43. The number of carboxylic acids is 1. The number of halogens is 2. The van der Waals surface area contributed by atoms with Gasteiger partial charge in [0.05, 0.1) is 40.0 Å². The number of fused-ring (bicyclic) bond motifs is 4. The molecule has 2 N–H and O–H groups in total. The lowest BCUT2D eigenvalue weighted by Gasteiger charge is -2.23. The van der Waals surface area contributed by atoms with Crippen molar-refractivity contribution < 1.29 is 19.4 Å². The number of amides is 1. The number of ether oxygens (including phenoxy) is 1. The van der Waals surface area contributed by atoms with Gasteiger partial charge < -0.3 is 28.9 Å². The first-order valence-electron chi connectivity index (χ1n) is 17.0. The van der Waals surface area contributed by atoms with E-state index in [-0.39, 0.29) is 17.5 Å². The molecule has 1 amide bonds. The Bertz CT molecular complexity index is 2230. The van der Waals surface area contributed by atoms with Crippen LogP contribution in [0.3, 0.4) is 0 Å². The molecular weight excluding hydrogens is 673 g/mol. The Balaban J connectivity index is 1.37. The van der Waals surface area contributed by atoms with Crippen molar-refractivity contribution in [3.63, 3.8) is 0 Å². The molecule has 11 heteroatoms. The molecule has 2 aliphatic heterocycles. The summed E-state index contributed by atoms with van der Waals surface area (Å²) < 4.78 is 10.3. The number of aryl methyl sites for hydroxylation is 5. The number of aromatic carboxylic acids is 1. The Hall–Kier alpha value is -4.44. The summed E-state index contributed by atoms with van der Waals surface area (Å²) in [6.45, 7) is 9.62.